The summed E-state index contributed by atoms with van der Waals surface area (Å²) in [7, 11) is 1.48. The molecule has 0 rings (SSSR count). The molecule has 1 amide bonds. The average Bonchev–Trinajstić information content (AvgIpc) is 1.90. The van der Waals surface area contributed by atoms with Crippen LogP contribution < -0.4 is 11.3 Å². The van der Waals surface area contributed by atoms with E-state index in [9.17, 15) is 4.79 Å². The molecule has 0 aromatic carbocycles. The lowest BCUT2D eigenvalue weighted by molar-refractivity contribution is -0.131. The Balaban J connectivity index is 3.64. The molecule has 0 aliphatic carbocycles. The van der Waals surface area contributed by atoms with E-state index in [4.69, 9.17) is 10.6 Å². The highest BCUT2D eigenvalue weighted by atomic mass is 16.5. The maximum absolute atomic E-state index is 10.6. The van der Waals surface area contributed by atoms with Crippen LogP contribution in [0.1, 0.15) is 13.3 Å². The van der Waals surface area contributed by atoms with Crippen molar-refractivity contribution in [1.82, 2.24) is 5.43 Å². The fourth-order valence-electron chi connectivity index (χ4n) is 0.552. The molecule has 9 heavy (non-hydrogen) atoms. The lowest BCUT2D eigenvalue weighted by atomic mass is 10.3. The number of ether oxygens (including phenoxy) is 1. The third kappa shape index (κ3) is 2.43. The Morgan fingerprint density at radius 1 is 1.89 bits per heavy atom. The van der Waals surface area contributed by atoms with Crippen molar-refractivity contribution in [3.8, 4) is 0 Å². The number of nitrogens with one attached hydrogen (secondary N) is 1. The molecule has 3 N–H and O–H groups in total. The first-order valence-corrected chi connectivity index (χ1v) is 2.79. The topological polar surface area (TPSA) is 64.3 Å². The van der Waals surface area contributed by atoms with Gasteiger partial charge in [-0.3, -0.25) is 10.2 Å². The van der Waals surface area contributed by atoms with Gasteiger partial charge in [-0.2, -0.15) is 0 Å². The summed E-state index contributed by atoms with van der Waals surface area (Å²) in [5, 5.41) is 0. The predicted octanol–water partition coefficient (Wildman–Crippen LogP) is -0.599. The van der Waals surface area contributed by atoms with Crippen molar-refractivity contribution < 1.29 is 9.53 Å². The van der Waals surface area contributed by atoms with E-state index in [0.717, 1.165) is 0 Å². The molecule has 0 aliphatic rings. The number of nitrogens with two attached hydrogens (primary N) is 1. The monoisotopic (exact) mass is 132 g/mol. The van der Waals surface area contributed by atoms with Crippen molar-refractivity contribution in [3.05, 3.63) is 0 Å². The summed E-state index contributed by atoms with van der Waals surface area (Å²) in [4.78, 5) is 10.6. The number of hydrazine groups is 1. The smallest absolute Gasteiger partial charge is 0.262 e. The SMILES string of the molecule is CC[C@H](OC)C(=O)NN. The second kappa shape index (κ2) is 4.29. The van der Waals surface area contributed by atoms with Crippen molar-refractivity contribution in [2.24, 2.45) is 5.84 Å². The number of carbonyl (C=O) groups excluding carboxylic acids is 1. The summed E-state index contributed by atoms with van der Waals surface area (Å²) in [6, 6.07) is 0. The Hall–Kier alpha value is -0.610. The Morgan fingerprint density at radius 3 is 2.56 bits per heavy atom. The van der Waals surface area contributed by atoms with Crippen LogP contribution >= 0.6 is 0 Å². The van der Waals surface area contributed by atoms with Gasteiger partial charge in [0.05, 0.1) is 0 Å². The zero-order valence-corrected chi connectivity index (χ0v) is 5.68. The molecule has 0 fully saturated rings. The number of methoxy groups -OCH3 is 1. The Labute approximate surface area is 54.3 Å². The van der Waals surface area contributed by atoms with Gasteiger partial charge in [-0.15, -0.1) is 0 Å². The van der Waals surface area contributed by atoms with Crippen LogP contribution in [-0.4, -0.2) is 19.1 Å². The summed E-state index contributed by atoms with van der Waals surface area (Å²) < 4.78 is 4.76. The molecule has 0 spiro atoms. The van der Waals surface area contributed by atoms with Crippen molar-refractivity contribution in [2.75, 3.05) is 7.11 Å². The van der Waals surface area contributed by atoms with E-state index < -0.39 is 6.10 Å². The van der Waals surface area contributed by atoms with E-state index >= 15 is 0 Å². The maximum atomic E-state index is 10.6. The number of carbonyl (C=O) groups is 1. The second-order valence-electron chi connectivity index (χ2n) is 1.64. The molecule has 0 bridgehead atoms. The van der Waals surface area contributed by atoms with Gasteiger partial charge < -0.3 is 4.74 Å². The number of hydrogen-bond donors (Lipinski definition) is 2. The van der Waals surface area contributed by atoms with Crippen LogP contribution in [-0.2, 0) is 9.53 Å². The number of hydrogen-bond acceptors (Lipinski definition) is 3. The summed E-state index contributed by atoms with van der Waals surface area (Å²) in [6.45, 7) is 1.85. The van der Waals surface area contributed by atoms with Gasteiger partial charge in [-0.1, -0.05) is 6.92 Å². The molecular formula is C5H12N2O2. The van der Waals surface area contributed by atoms with Crippen LogP contribution in [0.4, 0.5) is 0 Å². The van der Waals surface area contributed by atoms with Crippen molar-refractivity contribution in [2.45, 2.75) is 19.4 Å². The molecule has 4 heteroatoms. The standard InChI is InChI=1S/C5H12N2O2/c1-3-4(9-2)5(8)7-6/h4H,3,6H2,1-2H3,(H,7,8)/t4-/m0/s1. The van der Waals surface area contributed by atoms with E-state index in [1.165, 1.54) is 7.11 Å². The molecule has 0 saturated carbocycles. The van der Waals surface area contributed by atoms with Gasteiger partial charge in [0.2, 0.25) is 0 Å². The predicted molar refractivity (Wildman–Crippen MR) is 33.4 cm³/mol. The van der Waals surface area contributed by atoms with E-state index in [-0.39, 0.29) is 5.91 Å². The third-order valence-electron chi connectivity index (χ3n) is 1.09. The van der Waals surface area contributed by atoms with Crippen LogP contribution in [0.15, 0.2) is 0 Å². The quantitative estimate of drug-likeness (QED) is 0.306. The van der Waals surface area contributed by atoms with Crippen LogP contribution in [0.3, 0.4) is 0 Å². The summed E-state index contributed by atoms with van der Waals surface area (Å²) in [5.74, 6) is 4.57. The van der Waals surface area contributed by atoms with Gasteiger partial charge in [-0.05, 0) is 6.42 Å². The molecule has 0 aromatic rings. The molecule has 0 unspecified atom stereocenters. The lowest BCUT2D eigenvalue weighted by Gasteiger charge is -2.09. The van der Waals surface area contributed by atoms with Gasteiger partial charge >= 0.3 is 0 Å². The highest BCUT2D eigenvalue weighted by molar-refractivity contribution is 5.79. The highest BCUT2D eigenvalue weighted by Crippen LogP contribution is 1.93. The zero-order valence-electron chi connectivity index (χ0n) is 5.68. The summed E-state index contributed by atoms with van der Waals surface area (Å²) in [6.07, 6.45) is 0.231. The average molecular weight is 132 g/mol. The molecule has 0 heterocycles. The fourth-order valence-corrected chi connectivity index (χ4v) is 0.552. The maximum Gasteiger partial charge on any atom is 0.262 e. The van der Waals surface area contributed by atoms with E-state index in [2.05, 4.69) is 0 Å². The first-order chi connectivity index (χ1) is 4.26. The highest BCUT2D eigenvalue weighted by Gasteiger charge is 2.12. The lowest BCUT2D eigenvalue weighted by Crippen LogP contribution is -2.39. The van der Waals surface area contributed by atoms with Gasteiger partial charge in [0.15, 0.2) is 0 Å². The molecule has 0 aromatic heterocycles. The Bertz CT molecular complexity index is 91.0. The number of rotatable bonds is 3. The third-order valence-corrected chi connectivity index (χ3v) is 1.09. The van der Waals surface area contributed by atoms with Gasteiger partial charge in [0.1, 0.15) is 6.10 Å². The van der Waals surface area contributed by atoms with Crippen molar-refractivity contribution in [3.63, 3.8) is 0 Å². The van der Waals surface area contributed by atoms with E-state index in [1.54, 1.807) is 0 Å². The van der Waals surface area contributed by atoms with Gasteiger partial charge in [0.25, 0.3) is 5.91 Å². The van der Waals surface area contributed by atoms with E-state index in [0.29, 0.717) is 6.42 Å². The van der Waals surface area contributed by atoms with Crippen LogP contribution in [0.25, 0.3) is 0 Å². The van der Waals surface area contributed by atoms with E-state index in [1.807, 2.05) is 12.3 Å². The minimum Gasteiger partial charge on any atom is -0.372 e. The van der Waals surface area contributed by atoms with Crippen molar-refractivity contribution in [1.29, 1.82) is 0 Å². The van der Waals surface area contributed by atoms with Crippen molar-refractivity contribution >= 4 is 5.91 Å². The van der Waals surface area contributed by atoms with Crippen LogP contribution in [0.2, 0.25) is 0 Å². The minimum absolute atomic E-state index is 0.278. The Kier molecular flexibility index (Phi) is 4.00. The van der Waals surface area contributed by atoms with Crippen LogP contribution in [0.5, 0.6) is 0 Å². The molecule has 0 saturated heterocycles. The largest absolute Gasteiger partial charge is 0.372 e. The van der Waals surface area contributed by atoms with Crippen LogP contribution in [0, 0.1) is 0 Å². The molecule has 1 atom stereocenters. The van der Waals surface area contributed by atoms with Gasteiger partial charge in [-0.25, -0.2) is 5.84 Å². The first-order valence-electron chi connectivity index (χ1n) is 2.79. The summed E-state index contributed by atoms with van der Waals surface area (Å²) in [5.41, 5.74) is 2.00. The molecule has 0 radical (unpaired) electrons. The first kappa shape index (κ1) is 8.39. The fraction of sp³-hybridized carbons (Fsp3) is 0.800. The molecule has 4 nitrogen and oxygen atoms in total. The normalized spacial score (nSPS) is 12.8. The zero-order chi connectivity index (χ0) is 7.28. The number of amides is 1. The molecule has 0 aliphatic heterocycles. The molecular weight excluding hydrogens is 120 g/mol. The second-order valence-corrected chi connectivity index (χ2v) is 1.64. The molecule has 54 valence electrons. The summed E-state index contributed by atoms with van der Waals surface area (Å²) >= 11 is 0. The Morgan fingerprint density at radius 2 is 2.44 bits per heavy atom. The van der Waals surface area contributed by atoms with Gasteiger partial charge in [0, 0.05) is 7.11 Å². The minimum atomic E-state index is -0.407.